The fraction of sp³-hybridized carbons (Fsp3) is 0.200. The van der Waals surface area contributed by atoms with E-state index in [0.717, 1.165) is 16.2 Å². The normalized spacial score (nSPS) is 10.5. The van der Waals surface area contributed by atoms with Gasteiger partial charge in [0.15, 0.2) is 0 Å². The molecule has 1 aromatic heterocycles. The van der Waals surface area contributed by atoms with Gasteiger partial charge in [-0.1, -0.05) is 6.07 Å². The van der Waals surface area contributed by atoms with Crippen LogP contribution in [0.5, 0.6) is 0 Å². The number of nitrogens with zero attached hydrogens (tertiary/aromatic N) is 1. The van der Waals surface area contributed by atoms with Crippen LogP contribution in [0.25, 0.3) is 0 Å². The van der Waals surface area contributed by atoms with E-state index in [2.05, 4.69) is 5.32 Å². The molecule has 1 aromatic carbocycles. The predicted octanol–water partition coefficient (Wildman–Crippen LogP) is 1.13. The molecule has 7 heteroatoms. The number of amides is 1. The van der Waals surface area contributed by atoms with E-state index < -0.39 is 17.3 Å². The summed E-state index contributed by atoms with van der Waals surface area (Å²) in [7, 11) is 0. The van der Waals surface area contributed by atoms with Gasteiger partial charge >= 0.3 is 0 Å². The van der Waals surface area contributed by atoms with Gasteiger partial charge in [-0.05, 0) is 24.6 Å². The number of hydrogen-bond acceptors (Lipinski definition) is 4. The van der Waals surface area contributed by atoms with E-state index in [1.807, 2.05) is 0 Å². The van der Waals surface area contributed by atoms with Crippen LogP contribution in [-0.4, -0.2) is 22.2 Å². The summed E-state index contributed by atoms with van der Waals surface area (Å²) >= 11 is 0. The molecule has 1 amide bonds. The van der Waals surface area contributed by atoms with Crippen molar-refractivity contribution in [3.8, 4) is 0 Å². The molecule has 0 spiro atoms. The number of benzene rings is 1. The Balaban J connectivity index is 2.47. The van der Waals surface area contributed by atoms with Gasteiger partial charge in [-0.25, -0.2) is 4.39 Å². The third-order valence-electron chi connectivity index (χ3n) is 3.13. The molecule has 2 aromatic rings. The van der Waals surface area contributed by atoms with Crippen molar-refractivity contribution < 1.29 is 14.3 Å². The van der Waals surface area contributed by atoms with E-state index in [0.29, 0.717) is 0 Å². The molecule has 0 saturated heterocycles. The first-order valence-corrected chi connectivity index (χ1v) is 6.60. The Labute approximate surface area is 126 Å². The van der Waals surface area contributed by atoms with E-state index in [1.165, 1.54) is 18.3 Å². The summed E-state index contributed by atoms with van der Waals surface area (Å²) in [5.74, 6) is -1.27. The lowest BCUT2D eigenvalue weighted by Crippen LogP contribution is -2.25. The molecule has 0 saturated carbocycles. The number of halogens is 1. The van der Waals surface area contributed by atoms with Crippen molar-refractivity contribution in [2.45, 2.75) is 13.5 Å². The molecule has 22 heavy (non-hydrogen) atoms. The van der Waals surface area contributed by atoms with Crippen molar-refractivity contribution in [2.75, 3.05) is 11.9 Å². The standard InChI is InChI=1S/C15H16FN3O3/c1-9-2-3-12(11(16)6-9)18-13-7-14(21)19(4-5-20)8-10(13)15(17)22/h2-3,6-8,18,20H,4-5H2,1H3,(H2,17,22). The molecule has 0 atom stereocenters. The number of pyridine rings is 1. The second kappa shape index (κ2) is 6.40. The minimum atomic E-state index is -0.762. The molecular weight excluding hydrogens is 289 g/mol. The zero-order chi connectivity index (χ0) is 16.3. The molecule has 1 heterocycles. The van der Waals surface area contributed by atoms with E-state index >= 15 is 0 Å². The molecule has 0 aliphatic carbocycles. The van der Waals surface area contributed by atoms with Crippen LogP contribution in [0.2, 0.25) is 0 Å². The zero-order valence-electron chi connectivity index (χ0n) is 12.0. The van der Waals surface area contributed by atoms with E-state index in [4.69, 9.17) is 10.8 Å². The van der Waals surface area contributed by atoms with Crippen molar-refractivity contribution in [2.24, 2.45) is 5.73 Å². The van der Waals surface area contributed by atoms with Crippen LogP contribution < -0.4 is 16.6 Å². The molecule has 0 aliphatic heterocycles. The van der Waals surface area contributed by atoms with Crippen molar-refractivity contribution in [3.63, 3.8) is 0 Å². The number of carbonyl (C=O) groups excluding carboxylic acids is 1. The van der Waals surface area contributed by atoms with Crippen molar-refractivity contribution in [1.82, 2.24) is 4.57 Å². The topological polar surface area (TPSA) is 97.3 Å². The number of aliphatic hydroxyl groups excluding tert-OH is 1. The summed E-state index contributed by atoms with van der Waals surface area (Å²) in [5, 5.41) is 11.6. The van der Waals surface area contributed by atoms with E-state index in [1.54, 1.807) is 13.0 Å². The number of aromatic nitrogens is 1. The molecule has 4 N–H and O–H groups in total. The van der Waals surface area contributed by atoms with E-state index in [-0.39, 0.29) is 30.1 Å². The monoisotopic (exact) mass is 305 g/mol. The Hall–Kier alpha value is -2.67. The first-order chi connectivity index (χ1) is 10.4. The lowest BCUT2D eigenvalue weighted by atomic mass is 10.1. The number of aliphatic hydroxyl groups is 1. The number of hydrogen-bond donors (Lipinski definition) is 3. The highest BCUT2D eigenvalue weighted by atomic mass is 19.1. The zero-order valence-corrected chi connectivity index (χ0v) is 12.0. The largest absolute Gasteiger partial charge is 0.395 e. The minimum Gasteiger partial charge on any atom is -0.395 e. The Morgan fingerprint density at radius 1 is 1.36 bits per heavy atom. The fourth-order valence-corrected chi connectivity index (χ4v) is 2.02. The maximum absolute atomic E-state index is 13.9. The summed E-state index contributed by atoms with van der Waals surface area (Å²) < 4.78 is 15.0. The minimum absolute atomic E-state index is 0.0352. The second-order valence-electron chi connectivity index (χ2n) is 4.83. The number of nitrogens with two attached hydrogens (primary N) is 1. The Bertz CT molecular complexity index is 771. The van der Waals surface area contributed by atoms with Gasteiger partial charge in [-0.3, -0.25) is 9.59 Å². The highest BCUT2D eigenvalue weighted by Gasteiger charge is 2.13. The van der Waals surface area contributed by atoms with Crippen LogP contribution >= 0.6 is 0 Å². The van der Waals surface area contributed by atoms with Gasteiger partial charge < -0.3 is 20.7 Å². The SMILES string of the molecule is Cc1ccc(Nc2cc(=O)n(CCO)cc2C(N)=O)c(F)c1. The fourth-order valence-electron chi connectivity index (χ4n) is 2.02. The number of rotatable bonds is 5. The maximum atomic E-state index is 13.9. The molecule has 2 rings (SSSR count). The summed E-state index contributed by atoms with van der Waals surface area (Å²) in [6.45, 7) is 1.54. The molecule has 0 radical (unpaired) electrons. The molecular formula is C15H16FN3O3. The Morgan fingerprint density at radius 2 is 2.09 bits per heavy atom. The molecule has 116 valence electrons. The quantitative estimate of drug-likeness (QED) is 0.771. The summed E-state index contributed by atoms with van der Waals surface area (Å²) in [6, 6.07) is 5.69. The van der Waals surface area contributed by atoms with Gasteiger partial charge in [-0.2, -0.15) is 0 Å². The lowest BCUT2D eigenvalue weighted by Gasteiger charge is -2.13. The lowest BCUT2D eigenvalue weighted by molar-refractivity contribution is 0.1000. The molecule has 0 bridgehead atoms. The molecule has 6 nitrogen and oxygen atoms in total. The van der Waals surface area contributed by atoms with Crippen LogP contribution in [0.15, 0.2) is 35.3 Å². The average Bonchev–Trinajstić information content (AvgIpc) is 2.44. The second-order valence-corrected chi connectivity index (χ2v) is 4.83. The van der Waals surface area contributed by atoms with Crippen LogP contribution in [0.4, 0.5) is 15.8 Å². The van der Waals surface area contributed by atoms with Crippen molar-refractivity contribution in [3.05, 3.63) is 57.8 Å². The smallest absolute Gasteiger partial charge is 0.252 e. The number of primary amides is 1. The third-order valence-corrected chi connectivity index (χ3v) is 3.13. The Morgan fingerprint density at radius 3 is 2.68 bits per heavy atom. The van der Waals surface area contributed by atoms with Crippen LogP contribution in [0, 0.1) is 12.7 Å². The number of anilines is 2. The summed E-state index contributed by atoms with van der Waals surface area (Å²) in [5.41, 5.74) is 5.89. The van der Waals surface area contributed by atoms with Gasteiger partial charge in [0, 0.05) is 18.8 Å². The van der Waals surface area contributed by atoms with Gasteiger partial charge in [0.05, 0.1) is 23.5 Å². The summed E-state index contributed by atoms with van der Waals surface area (Å²) in [4.78, 5) is 23.4. The molecule has 0 aliphatic rings. The van der Waals surface area contributed by atoms with Crippen LogP contribution in [0.1, 0.15) is 15.9 Å². The van der Waals surface area contributed by atoms with Crippen molar-refractivity contribution in [1.29, 1.82) is 0 Å². The molecule has 0 unspecified atom stereocenters. The molecule has 0 fully saturated rings. The number of carbonyl (C=O) groups is 1. The van der Waals surface area contributed by atoms with Crippen LogP contribution in [0.3, 0.4) is 0 Å². The number of nitrogens with one attached hydrogen (secondary N) is 1. The predicted molar refractivity (Wildman–Crippen MR) is 80.7 cm³/mol. The highest BCUT2D eigenvalue weighted by Crippen LogP contribution is 2.22. The number of aryl methyl sites for hydroxylation is 1. The van der Waals surface area contributed by atoms with E-state index in [9.17, 15) is 14.0 Å². The Kier molecular flexibility index (Phi) is 4.57. The van der Waals surface area contributed by atoms with Crippen molar-refractivity contribution >= 4 is 17.3 Å². The maximum Gasteiger partial charge on any atom is 0.252 e. The van der Waals surface area contributed by atoms with Gasteiger partial charge in [0.2, 0.25) is 0 Å². The van der Waals surface area contributed by atoms with Gasteiger partial charge in [-0.15, -0.1) is 0 Å². The van der Waals surface area contributed by atoms with Crippen LogP contribution in [-0.2, 0) is 6.54 Å². The van der Waals surface area contributed by atoms with Gasteiger partial charge in [0.1, 0.15) is 5.82 Å². The third kappa shape index (κ3) is 3.32. The highest BCUT2D eigenvalue weighted by molar-refractivity contribution is 5.98. The summed E-state index contributed by atoms with van der Waals surface area (Å²) in [6.07, 6.45) is 1.25. The van der Waals surface area contributed by atoms with Gasteiger partial charge in [0.25, 0.3) is 11.5 Å². The first-order valence-electron chi connectivity index (χ1n) is 6.60. The average molecular weight is 305 g/mol. The first kappa shape index (κ1) is 15.7.